The molecule has 0 bridgehead atoms. The Hall–Kier alpha value is -1.06. The van der Waals surface area contributed by atoms with Crippen molar-refractivity contribution in [3.8, 4) is 5.75 Å². The number of nitrogens with one attached hydrogen (secondary N) is 1. The summed E-state index contributed by atoms with van der Waals surface area (Å²) in [6.07, 6.45) is 2.56. The minimum atomic E-state index is -0.800. The van der Waals surface area contributed by atoms with Gasteiger partial charge in [0, 0.05) is 18.2 Å². The zero-order chi connectivity index (χ0) is 14.8. The van der Waals surface area contributed by atoms with Crippen LogP contribution in [0.4, 0.5) is 0 Å². The standard InChI is InChI=1S/C17H27NO2/c1-12(2)17(4,19)11-20-16-8-5-13(3)9-14(16)10-18-15-6-7-15/h5,8-9,12,15,18-19H,6-7,10-11H2,1-4H3. The third-order valence-electron chi connectivity index (χ3n) is 4.14. The van der Waals surface area contributed by atoms with E-state index in [0.29, 0.717) is 12.6 Å². The van der Waals surface area contributed by atoms with Crippen molar-refractivity contribution >= 4 is 0 Å². The average Bonchev–Trinajstić information content (AvgIpc) is 3.19. The number of hydrogen-bond acceptors (Lipinski definition) is 3. The van der Waals surface area contributed by atoms with Crippen LogP contribution in [0.3, 0.4) is 0 Å². The molecule has 2 N–H and O–H groups in total. The lowest BCUT2D eigenvalue weighted by molar-refractivity contribution is -0.0268. The molecule has 3 heteroatoms. The Labute approximate surface area is 122 Å². The lowest BCUT2D eigenvalue weighted by Crippen LogP contribution is -2.38. The monoisotopic (exact) mass is 277 g/mol. The maximum absolute atomic E-state index is 10.3. The van der Waals surface area contributed by atoms with Gasteiger partial charge < -0.3 is 15.2 Å². The van der Waals surface area contributed by atoms with E-state index in [2.05, 4.69) is 24.4 Å². The van der Waals surface area contributed by atoms with Gasteiger partial charge in [-0.15, -0.1) is 0 Å². The second-order valence-electron chi connectivity index (χ2n) is 6.57. The first-order valence-electron chi connectivity index (χ1n) is 7.56. The van der Waals surface area contributed by atoms with E-state index in [1.54, 1.807) is 0 Å². The molecular formula is C17H27NO2. The first kappa shape index (κ1) is 15.3. The molecule has 0 heterocycles. The molecule has 112 valence electrons. The van der Waals surface area contributed by atoms with Crippen molar-refractivity contribution in [2.45, 2.75) is 58.7 Å². The van der Waals surface area contributed by atoms with E-state index in [4.69, 9.17) is 4.74 Å². The molecule has 1 saturated carbocycles. The molecule has 0 saturated heterocycles. The zero-order valence-corrected chi connectivity index (χ0v) is 13.1. The van der Waals surface area contributed by atoms with Gasteiger partial charge in [0.15, 0.2) is 0 Å². The van der Waals surface area contributed by atoms with Crippen molar-refractivity contribution in [3.63, 3.8) is 0 Å². The van der Waals surface area contributed by atoms with E-state index >= 15 is 0 Å². The number of aryl methyl sites for hydroxylation is 1. The summed E-state index contributed by atoms with van der Waals surface area (Å²) in [7, 11) is 0. The molecule has 0 spiro atoms. The van der Waals surface area contributed by atoms with E-state index in [9.17, 15) is 5.11 Å². The fourth-order valence-electron chi connectivity index (χ4n) is 1.92. The van der Waals surface area contributed by atoms with Crippen molar-refractivity contribution < 1.29 is 9.84 Å². The molecule has 1 aromatic rings. The molecule has 0 radical (unpaired) electrons. The van der Waals surface area contributed by atoms with E-state index in [1.807, 2.05) is 26.8 Å². The molecule has 0 aromatic heterocycles. The minimum absolute atomic E-state index is 0.168. The van der Waals surface area contributed by atoms with Crippen molar-refractivity contribution in [3.05, 3.63) is 29.3 Å². The van der Waals surface area contributed by atoms with Crippen molar-refractivity contribution in [1.29, 1.82) is 0 Å². The molecule has 0 amide bonds. The van der Waals surface area contributed by atoms with Crippen molar-refractivity contribution in [1.82, 2.24) is 5.32 Å². The van der Waals surface area contributed by atoms with Gasteiger partial charge in [0.05, 0.1) is 5.60 Å². The number of ether oxygens (including phenoxy) is 1. The summed E-state index contributed by atoms with van der Waals surface area (Å²) in [5.41, 5.74) is 1.61. The van der Waals surface area contributed by atoms with Gasteiger partial charge in [-0.25, -0.2) is 0 Å². The Morgan fingerprint density at radius 2 is 2.10 bits per heavy atom. The van der Waals surface area contributed by atoms with Crippen LogP contribution in [0.2, 0.25) is 0 Å². The third kappa shape index (κ3) is 4.22. The topological polar surface area (TPSA) is 41.5 Å². The van der Waals surface area contributed by atoms with Crippen LogP contribution < -0.4 is 10.1 Å². The van der Waals surface area contributed by atoms with Gasteiger partial charge in [-0.3, -0.25) is 0 Å². The quantitative estimate of drug-likeness (QED) is 0.805. The van der Waals surface area contributed by atoms with Crippen LogP contribution in [0, 0.1) is 12.8 Å². The van der Waals surface area contributed by atoms with Gasteiger partial charge in [0.25, 0.3) is 0 Å². The normalized spacial score (nSPS) is 18.1. The van der Waals surface area contributed by atoms with Gasteiger partial charge in [0.2, 0.25) is 0 Å². The summed E-state index contributed by atoms with van der Waals surface area (Å²) in [4.78, 5) is 0. The smallest absolute Gasteiger partial charge is 0.123 e. The highest BCUT2D eigenvalue weighted by atomic mass is 16.5. The first-order valence-corrected chi connectivity index (χ1v) is 7.56. The Balaban J connectivity index is 2.01. The van der Waals surface area contributed by atoms with Crippen LogP contribution in [-0.4, -0.2) is 23.4 Å². The molecule has 2 rings (SSSR count). The molecular weight excluding hydrogens is 250 g/mol. The number of rotatable bonds is 7. The van der Waals surface area contributed by atoms with Crippen molar-refractivity contribution in [2.24, 2.45) is 5.92 Å². The molecule has 20 heavy (non-hydrogen) atoms. The Morgan fingerprint density at radius 1 is 1.40 bits per heavy atom. The second-order valence-corrected chi connectivity index (χ2v) is 6.57. The van der Waals surface area contributed by atoms with Gasteiger partial charge in [-0.1, -0.05) is 31.5 Å². The zero-order valence-electron chi connectivity index (χ0n) is 13.1. The van der Waals surface area contributed by atoms with E-state index in [0.717, 1.165) is 12.3 Å². The first-order chi connectivity index (χ1) is 9.38. The number of hydrogen-bond donors (Lipinski definition) is 2. The van der Waals surface area contributed by atoms with Gasteiger partial charge in [-0.05, 0) is 38.7 Å². The molecule has 0 aliphatic heterocycles. The lowest BCUT2D eigenvalue weighted by atomic mass is 9.94. The van der Waals surface area contributed by atoms with Crippen LogP contribution >= 0.6 is 0 Å². The molecule has 1 aliphatic rings. The number of aliphatic hydroxyl groups is 1. The summed E-state index contributed by atoms with van der Waals surface area (Å²) in [5.74, 6) is 1.05. The summed E-state index contributed by atoms with van der Waals surface area (Å²) >= 11 is 0. The molecule has 3 nitrogen and oxygen atoms in total. The highest BCUT2D eigenvalue weighted by Gasteiger charge is 2.26. The van der Waals surface area contributed by atoms with Gasteiger partial charge in [-0.2, -0.15) is 0 Å². The number of benzene rings is 1. The molecule has 1 aromatic carbocycles. The average molecular weight is 277 g/mol. The van der Waals surface area contributed by atoms with Crippen LogP contribution in [0.15, 0.2) is 18.2 Å². The van der Waals surface area contributed by atoms with Crippen LogP contribution in [0.1, 0.15) is 44.7 Å². The second kappa shape index (κ2) is 6.15. The van der Waals surface area contributed by atoms with Gasteiger partial charge in [0.1, 0.15) is 12.4 Å². The Morgan fingerprint density at radius 3 is 2.70 bits per heavy atom. The predicted octanol–water partition coefficient (Wildman–Crippen LogP) is 3.03. The molecule has 1 unspecified atom stereocenters. The van der Waals surface area contributed by atoms with E-state index < -0.39 is 5.60 Å². The third-order valence-corrected chi connectivity index (χ3v) is 4.14. The SMILES string of the molecule is Cc1ccc(OCC(C)(O)C(C)C)c(CNC2CC2)c1. The van der Waals surface area contributed by atoms with E-state index in [1.165, 1.54) is 24.0 Å². The molecule has 1 atom stereocenters. The Kier molecular flexibility index (Phi) is 4.71. The lowest BCUT2D eigenvalue weighted by Gasteiger charge is -2.28. The molecule has 1 fully saturated rings. The largest absolute Gasteiger partial charge is 0.490 e. The summed E-state index contributed by atoms with van der Waals surface area (Å²) in [6.45, 7) is 9.10. The fourth-order valence-corrected chi connectivity index (χ4v) is 1.92. The van der Waals surface area contributed by atoms with Gasteiger partial charge >= 0.3 is 0 Å². The van der Waals surface area contributed by atoms with Crippen LogP contribution in [0.5, 0.6) is 5.75 Å². The fraction of sp³-hybridized carbons (Fsp3) is 0.647. The maximum atomic E-state index is 10.3. The Bertz CT molecular complexity index is 450. The highest BCUT2D eigenvalue weighted by molar-refractivity contribution is 5.37. The summed E-state index contributed by atoms with van der Waals surface area (Å²) in [5, 5.41) is 13.8. The predicted molar refractivity (Wildman–Crippen MR) is 82.0 cm³/mol. The summed E-state index contributed by atoms with van der Waals surface area (Å²) < 4.78 is 5.88. The maximum Gasteiger partial charge on any atom is 0.123 e. The minimum Gasteiger partial charge on any atom is -0.490 e. The summed E-state index contributed by atoms with van der Waals surface area (Å²) in [6, 6.07) is 6.91. The highest BCUT2D eigenvalue weighted by Crippen LogP contribution is 2.25. The van der Waals surface area contributed by atoms with Crippen LogP contribution in [0.25, 0.3) is 0 Å². The van der Waals surface area contributed by atoms with E-state index in [-0.39, 0.29) is 5.92 Å². The van der Waals surface area contributed by atoms with Crippen molar-refractivity contribution in [2.75, 3.05) is 6.61 Å². The molecule has 1 aliphatic carbocycles. The van der Waals surface area contributed by atoms with Crippen LogP contribution in [-0.2, 0) is 6.54 Å².